The molecule has 3 heterocycles. The topological polar surface area (TPSA) is 119 Å². The van der Waals surface area contributed by atoms with Crippen LogP contribution in [0.1, 0.15) is 42.6 Å². The molecule has 1 fully saturated rings. The zero-order chi connectivity index (χ0) is 19.8. The molecule has 1 aliphatic rings. The summed E-state index contributed by atoms with van der Waals surface area (Å²) in [6.45, 7) is 5.71. The van der Waals surface area contributed by atoms with Crippen LogP contribution in [0, 0.1) is 6.92 Å². The van der Waals surface area contributed by atoms with Crippen LogP contribution in [0.25, 0.3) is 5.65 Å². The molecular formula is C19H23N7O2. The summed E-state index contributed by atoms with van der Waals surface area (Å²) in [5.74, 6) is 1.21. The van der Waals surface area contributed by atoms with E-state index in [1.54, 1.807) is 12.3 Å². The molecule has 0 bridgehead atoms. The Morgan fingerprint density at radius 2 is 2.18 bits per heavy atom. The maximum Gasteiger partial charge on any atom is 0.256 e. The van der Waals surface area contributed by atoms with Gasteiger partial charge in [-0.1, -0.05) is 0 Å². The lowest BCUT2D eigenvalue weighted by molar-refractivity contribution is 0.0952. The molecule has 0 unspecified atom stereocenters. The highest BCUT2D eigenvalue weighted by molar-refractivity contribution is 6.00. The number of amides is 1. The molecule has 1 aliphatic carbocycles. The number of nitrogen functional groups attached to an aromatic ring is 1. The van der Waals surface area contributed by atoms with Crippen LogP contribution in [0.5, 0.6) is 5.88 Å². The first-order valence-corrected chi connectivity index (χ1v) is 9.27. The molecule has 9 heteroatoms. The van der Waals surface area contributed by atoms with Gasteiger partial charge >= 0.3 is 0 Å². The summed E-state index contributed by atoms with van der Waals surface area (Å²) < 4.78 is 7.24. The number of fused-ring (bicyclic) bond motifs is 1. The van der Waals surface area contributed by atoms with Gasteiger partial charge in [0.15, 0.2) is 5.65 Å². The van der Waals surface area contributed by atoms with Gasteiger partial charge in [0.1, 0.15) is 22.9 Å². The standard InChI is InChI=1S/C19H23N7O2/c1-10(2)28-19-14(5-4-8-21-19)24-16-11(3)15(20)26-17(25-16)13(9-22-26)18(27)23-12-6-7-12/h4-5,8-10,12H,6-7,20H2,1-3H3,(H,23,27)(H,24,25). The second-order valence-electron chi connectivity index (χ2n) is 7.16. The molecule has 0 spiro atoms. The molecule has 146 valence electrons. The Balaban J connectivity index is 1.73. The Morgan fingerprint density at radius 3 is 2.89 bits per heavy atom. The number of nitrogens with two attached hydrogens (primary N) is 1. The fraction of sp³-hybridized carbons (Fsp3) is 0.368. The number of hydrogen-bond donors (Lipinski definition) is 3. The number of hydrogen-bond acceptors (Lipinski definition) is 7. The van der Waals surface area contributed by atoms with Gasteiger partial charge in [-0.25, -0.2) is 9.97 Å². The van der Waals surface area contributed by atoms with Crippen LogP contribution in [0.15, 0.2) is 24.5 Å². The fourth-order valence-electron chi connectivity index (χ4n) is 2.80. The average Bonchev–Trinajstić information content (AvgIpc) is 3.36. The summed E-state index contributed by atoms with van der Waals surface area (Å²) in [5.41, 5.74) is 8.44. The van der Waals surface area contributed by atoms with Crippen molar-refractivity contribution in [1.82, 2.24) is 24.9 Å². The molecular weight excluding hydrogens is 358 g/mol. The van der Waals surface area contributed by atoms with E-state index in [-0.39, 0.29) is 18.1 Å². The molecule has 0 atom stereocenters. The molecule has 4 N–H and O–H groups in total. The highest BCUT2D eigenvalue weighted by Gasteiger charge is 2.26. The van der Waals surface area contributed by atoms with Gasteiger partial charge in [0, 0.05) is 17.8 Å². The largest absolute Gasteiger partial charge is 0.473 e. The fourth-order valence-corrected chi connectivity index (χ4v) is 2.80. The lowest BCUT2D eigenvalue weighted by Crippen LogP contribution is -2.25. The minimum Gasteiger partial charge on any atom is -0.473 e. The van der Waals surface area contributed by atoms with E-state index in [0.29, 0.717) is 40.0 Å². The van der Waals surface area contributed by atoms with Gasteiger partial charge in [-0.15, -0.1) is 0 Å². The summed E-state index contributed by atoms with van der Waals surface area (Å²) >= 11 is 0. The highest BCUT2D eigenvalue weighted by Crippen LogP contribution is 2.30. The Bertz CT molecular complexity index is 1040. The van der Waals surface area contributed by atoms with Gasteiger partial charge in [-0.05, 0) is 45.7 Å². The summed E-state index contributed by atoms with van der Waals surface area (Å²) in [6, 6.07) is 3.90. The minimum absolute atomic E-state index is 0.0235. The Labute approximate surface area is 162 Å². The highest BCUT2D eigenvalue weighted by atomic mass is 16.5. The molecule has 0 aliphatic heterocycles. The van der Waals surface area contributed by atoms with Crippen molar-refractivity contribution in [2.45, 2.75) is 45.8 Å². The SMILES string of the molecule is Cc1c(Nc2cccnc2OC(C)C)nc2c(C(=O)NC3CC3)cnn2c1N. The number of rotatable bonds is 6. The van der Waals surface area contributed by atoms with Crippen molar-refractivity contribution >= 4 is 28.9 Å². The molecule has 3 aromatic heterocycles. The van der Waals surface area contributed by atoms with Crippen LogP contribution >= 0.6 is 0 Å². The second-order valence-corrected chi connectivity index (χ2v) is 7.16. The van der Waals surface area contributed by atoms with Gasteiger partial charge in [-0.3, -0.25) is 4.79 Å². The molecule has 1 amide bonds. The summed E-state index contributed by atoms with van der Waals surface area (Å²) in [4.78, 5) is 21.4. The summed E-state index contributed by atoms with van der Waals surface area (Å²) in [5, 5.41) is 10.4. The molecule has 1 saturated carbocycles. The van der Waals surface area contributed by atoms with Crippen molar-refractivity contribution in [3.05, 3.63) is 35.7 Å². The zero-order valence-corrected chi connectivity index (χ0v) is 16.1. The van der Waals surface area contributed by atoms with Gasteiger partial charge in [-0.2, -0.15) is 9.61 Å². The number of pyridine rings is 1. The van der Waals surface area contributed by atoms with E-state index in [1.165, 1.54) is 10.7 Å². The van der Waals surface area contributed by atoms with Crippen LogP contribution in [0.3, 0.4) is 0 Å². The van der Waals surface area contributed by atoms with Gasteiger partial charge in [0.05, 0.1) is 12.3 Å². The molecule has 9 nitrogen and oxygen atoms in total. The maximum atomic E-state index is 12.5. The van der Waals surface area contributed by atoms with E-state index in [2.05, 4.69) is 25.7 Å². The Hall–Kier alpha value is -3.36. The monoisotopic (exact) mass is 381 g/mol. The van der Waals surface area contributed by atoms with Crippen molar-refractivity contribution in [1.29, 1.82) is 0 Å². The summed E-state index contributed by atoms with van der Waals surface area (Å²) in [6.07, 6.45) is 5.15. The van der Waals surface area contributed by atoms with E-state index < -0.39 is 0 Å². The third kappa shape index (κ3) is 3.42. The molecule has 0 saturated heterocycles. The number of carbonyl (C=O) groups excluding carboxylic acids is 1. The number of nitrogens with one attached hydrogen (secondary N) is 2. The number of ether oxygens (including phenoxy) is 1. The Morgan fingerprint density at radius 1 is 1.39 bits per heavy atom. The first-order chi connectivity index (χ1) is 13.4. The van der Waals surface area contributed by atoms with E-state index in [1.807, 2.05) is 26.8 Å². The molecule has 4 rings (SSSR count). The molecule has 28 heavy (non-hydrogen) atoms. The first-order valence-electron chi connectivity index (χ1n) is 9.27. The van der Waals surface area contributed by atoms with Crippen molar-refractivity contribution in [3.8, 4) is 5.88 Å². The van der Waals surface area contributed by atoms with Gasteiger partial charge in [0.2, 0.25) is 5.88 Å². The quantitative estimate of drug-likeness (QED) is 0.600. The lowest BCUT2D eigenvalue weighted by Gasteiger charge is -2.16. The van der Waals surface area contributed by atoms with E-state index in [0.717, 1.165) is 12.8 Å². The van der Waals surface area contributed by atoms with Crippen molar-refractivity contribution in [2.75, 3.05) is 11.1 Å². The number of anilines is 3. The smallest absolute Gasteiger partial charge is 0.256 e. The van der Waals surface area contributed by atoms with E-state index in [9.17, 15) is 4.79 Å². The van der Waals surface area contributed by atoms with Crippen molar-refractivity contribution in [3.63, 3.8) is 0 Å². The molecule has 0 radical (unpaired) electrons. The van der Waals surface area contributed by atoms with Crippen LogP contribution in [0.4, 0.5) is 17.3 Å². The number of nitrogens with zero attached hydrogens (tertiary/aromatic N) is 4. The van der Waals surface area contributed by atoms with Crippen LogP contribution in [-0.2, 0) is 0 Å². The average molecular weight is 381 g/mol. The predicted octanol–water partition coefficient (Wildman–Crippen LogP) is 2.44. The van der Waals surface area contributed by atoms with Gasteiger partial charge < -0.3 is 21.1 Å². The minimum atomic E-state index is -0.190. The maximum absolute atomic E-state index is 12.5. The van der Waals surface area contributed by atoms with E-state index in [4.69, 9.17) is 10.5 Å². The molecule has 3 aromatic rings. The normalized spacial score (nSPS) is 13.7. The van der Waals surface area contributed by atoms with Crippen LogP contribution in [-0.4, -0.2) is 37.6 Å². The van der Waals surface area contributed by atoms with E-state index >= 15 is 0 Å². The number of aromatic nitrogens is 4. The van der Waals surface area contributed by atoms with Crippen molar-refractivity contribution in [2.24, 2.45) is 0 Å². The third-order valence-electron chi connectivity index (χ3n) is 4.46. The summed E-state index contributed by atoms with van der Waals surface area (Å²) in [7, 11) is 0. The molecule has 0 aromatic carbocycles. The second kappa shape index (κ2) is 6.99. The predicted molar refractivity (Wildman–Crippen MR) is 106 cm³/mol. The van der Waals surface area contributed by atoms with Gasteiger partial charge in [0.25, 0.3) is 5.91 Å². The number of carbonyl (C=O) groups is 1. The van der Waals surface area contributed by atoms with Crippen LogP contribution < -0.4 is 21.1 Å². The first kappa shape index (κ1) is 18.0. The zero-order valence-electron chi connectivity index (χ0n) is 16.1. The van der Waals surface area contributed by atoms with Crippen LogP contribution in [0.2, 0.25) is 0 Å². The third-order valence-corrected chi connectivity index (χ3v) is 4.46. The lowest BCUT2D eigenvalue weighted by atomic mass is 10.2. The Kier molecular flexibility index (Phi) is 4.50. The van der Waals surface area contributed by atoms with Crippen molar-refractivity contribution < 1.29 is 9.53 Å².